The van der Waals surface area contributed by atoms with Crippen LogP contribution in [0.1, 0.15) is 84.4 Å². The molecule has 11 aromatic carbocycles. The second kappa shape index (κ2) is 17.8. The molecule has 0 saturated heterocycles. The number of nitrogens with zero attached hydrogens (tertiary/aromatic N) is 2. The van der Waals surface area contributed by atoms with E-state index >= 15 is 0 Å². The van der Waals surface area contributed by atoms with Crippen molar-refractivity contribution in [3.63, 3.8) is 0 Å². The van der Waals surface area contributed by atoms with Crippen molar-refractivity contribution < 1.29 is 0 Å². The van der Waals surface area contributed by atoms with Gasteiger partial charge in [-0.05, 0) is 193 Å². The van der Waals surface area contributed by atoms with E-state index in [2.05, 4.69) is 285 Å². The van der Waals surface area contributed by atoms with Crippen molar-refractivity contribution in [3.05, 3.63) is 300 Å². The summed E-state index contributed by atoms with van der Waals surface area (Å²) in [4.78, 5) is 5.08. The number of para-hydroxylation sites is 2. The highest BCUT2D eigenvalue weighted by atomic mass is 15.2. The molecule has 0 aliphatic heterocycles. The first-order valence-electron chi connectivity index (χ1n) is 28.7. The van der Waals surface area contributed by atoms with Crippen molar-refractivity contribution in [3.8, 4) is 55.6 Å². The monoisotopic (exact) mass is 1010 g/mol. The van der Waals surface area contributed by atoms with E-state index in [4.69, 9.17) is 0 Å². The van der Waals surface area contributed by atoms with Crippen LogP contribution in [0.2, 0.25) is 0 Å². The fourth-order valence-electron chi connectivity index (χ4n) is 15.7. The highest BCUT2D eigenvalue weighted by molar-refractivity contribution is 6.03. The second-order valence-corrected chi connectivity index (χ2v) is 23.5. The maximum Gasteiger partial charge on any atom is 0.0727 e. The van der Waals surface area contributed by atoms with Crippen LogP contribution in [0, 0.1) is 11.8 Å². The van der Waals surface area contributed by atoms with E-state index in [0.717, 1.165) is 40.3 Å². The Morgan fingerprint density at radius 1 is 0.316 bits per heavy atom. The van der Waals surface area contributed by atoms with Gasteiger partial charge in [0, 0.05) is 39.3 Å². The molecule has 5 aliphatic rings. The summed E-state index contributed by atoms with van der Waals surface area (Å²) >= 11 is 0. The summed E-state index contributed by atoms with van der Waals surface area (Å²) in [6.07, 6.45) is 5.51. The summed E-state index contributed by atoms with van der Waals surface area (Å²) < 4.78 is 0. The number of fused-ring (bicyclic) bond motifs is 15. The van der Waals surface area contributed by atoms with Crippen molar-refractivity contribution >= 4 is 34.1 Å². The summed E-state index contributed by atoms with van der Waals surface area (Å²) in [6.45, 7) is 4.75. The molecule has 378 valence electrons. The third-order valence-electron chi connectivity index (χ3n) is 19.1. The number of hydrogen-bond donors (Lipinski definition) is 0. The standard InChI is InChI=1S/C77H60N2/c1-76(2)68-32-18-15-29-59(68)65-45-58(41-42-69(65)76)79(56-27-13-6-14-28-56)75-49-73-67(47-64(75)52-23-9-4-10-24-52)61-31-17-20-34-71(61)77(73)70-33-19-16-30-60(70)66-46-63(51-21-7-3-8-22-51)74(48-72(66)77)78(55-25-11-5-12-26-55)57-39-37-53(38-40-57)62-44-50-35-36-54(62)43-50/h3-34,37-42,45-50,54,62H,35-36,43-44H2,1-2H3. The van der Waals surface area contributed by atoms with Crippen molar-refractivity contribution in [1.29, 1.82) is 0 Å². The summed E-state index contributed by atoms with van der Waals surface area (Å²) in [7, 11) is 0. The lowest BCUT2D eigenvalue weighted by Crippen LogP contribution is -2.27. The van der Waals surface area contributed by atoms with E-state index in [9.17, 15) is 0 Å². The zero-order valence-electron chi connectivity index (χ0n) is 44.8. The first-order chi connectivity index (χ1) is 38.9. The molecule has 0 aromatic heterocycles. The summed E-state index contributed by atoms with van der Waals surface area (Å²) in [5.41, 5.74) is 28.0. The SMILES string of the molecule is CC1(C)c2ccccc2-c2cc(N(c3ccccc3)c3cc4c(cc3-c3ccccc3)-c3ccccc3C43c4ccccc4-c4cc(-c5ccccc5)c(N(c5ccccc5)c5ccc(C6CC7CCC6C7)cc5)cc43)ccc21. The van der Waals surface area contributed by atoms with Gasteiger partial charge in [-0.25, -0.2) is 0 Å². The van der Waals surface area contributed by atoms with Gasteiger partial charge in [0.05, 0.1) is 16.8 Å². The van der Waals surface area contributed by atoms with E-state index in [0.29, 0.717) is 5.92 Å². The van der Waals surface area contributed by atoms with Gasteiger partial charge in [-0.15, -0.1) is 0 Å². The zero-order chi connectivity index (χ0) is 52.4. The molecule has 5 aliphatic carbocycles. The molecule has 0 N–H and O–H groups in total. The predicted octanol–water partition coefficient (Wildman–Crippen LogP) is 20.5. The third kappa shape index (κ3) is 6.90. The minimum absolute atomic E-state index is 0.111. The Kier molecular flexibility index (Phi) is 10.4. The van der Waals surface area contributed by atoms with Gasteiger partial charge in [0.15, 0.2) is 0 Å². The van der Waals surface area contributed by atoms with Gasteiger partial charge >= 0.3 is 0 Å². The van der Waals surface area contributed by atoms with Crippen LogP contribution in [0.3, 0.4) is 0 Å². The lowest BCUT2D eigenvalue weighted by molar-refractivity contribution is 0.420. The Bertz CT molecular complexity index is 4170. The van der Waals surface area contributed by atoms with Gasteiger partial charge in [0.25, 0.3) is 0 Å². The lowest BCUT2D eigenvalue weighted by atomic mass is 9.70. The van der Waals surface area contributed by atoms with Crippen molar-refractivity contribution in [2.75, 3.05) is 9.80 Å². The first-order valence-corrected chi connectivity index (χ1v) is 28.7. The molecule has 4 atom stereocenters. The van der Waals surface area contributed by atoms with Crippen LogP contribution in [0.15, 0.2) is 261 Å². The highest BCUT2D eigenvalue weighted by Crippen LogP contribution is 2.66. The zero-order valence-corrected chi connectivity index (χ0v) is 44.8. The van der Waals surface area contributed by atoms with Crippen LogP contribution >= 0.6 is 0 Å². The number of anilines is 6. The molecular formula is C77H60N2. The average Bonchev–Trinajstić information content (AvgIpc) is 4.38. The average molecular weight is 1010 g/mol. The molecule has 1 spiro atoms. The molecule has 2 heteroatoms. The van der Waals surface area contributed by atoms with E-state index in [1.165, 1.54) is 126 Å². The highest BCUT2D eigenvalue weighted by Gasteiger charge is 2.53. The van der Waals surface area contributed by atoms with Crippen LogP contribution in [-0.2, 0) is 10.8 Å². The maximum absolute atomic E-state index is 2.60. The van der Waals surface area contributed by atoms with Crippen LogP contribution in [0.25, 0.3) is 55.6 Å². The third-order valence-corrected chi connectivity index (χ3v) is 19.1. The molecule has 2 bridgehead atoms. The second-order valence-electron chi connectivity index (χ2n) is 23.5. The van der Waals surface area contributed by atoms with Gasteiger partial charge in [-0.3, -0.25) is 0 Å². The Morgan fingerprint density at radius 3 is 1.24 bits per heavy atom. The quantitative estimate of drug-likeness (QED) is 0.142. The molecule has 0 heterocycles. The molecule has 16 rings (SSSR count). The normalized spacial score (nSPS) is 19.1. The predicted molar refractivity (Wildman–Crippen MR) is 329 cm³/mol. The van der Waals surface area contributed by atoms with Gasteiger partial charge in [0.1, 0.15) is 0 Å². The summed E-state index contributed by atoms with van der Waals surface area (Å²) in [5.74, 6) is 2.38. The van der Waals surface area contributed by atoms with Crippen molar-refractivity contribution in [1.82, 2.24) is 0 Å². The molecule has 11 aromatic rings. The minimum Gasteiger partial charge on any atom is -0.310 e. The van der Waals surface area contributed by atoms with Gasteiger partial charge < -0.3 is 9.80 Å². The molecule has 4 unspecified atom stereocenters. The summed E-state index contributed by atoms with van der Waals surface area (Å²) in [6, 6.07) is 99.1. The number of rotatable bonds is 9. The Morgan fingerprint density at radius 2 is 0.734 bits per heavy atom. The number of hydrogen-bond acceptors (Lipinski definition) is 2. The molecule has 0 radical (unpaired) electrons. The fourth-order valence-corrected chi connectivity index (χ4v) is 15.7. The van der Waals surface area contributed by atoms with Crippen LogP contribution in [0.4, 0.5) is 34.1 Å². The number of benzene rings is 11. The minimum atomic E-state index is -0.664. The molecule has 79 heavy (non-hydrogen) atoms. The molecule has 0 amide bonds. The molecule has 2 nitrogen and oxygen atoms in total. The smallest absolute Gasteiger partial charge is 0.0727 e. The lowest BCUT2D eigenvalue weighted by Gasteiger charge is -2.35. The summed E-state index contributed by atoms with van der Waals surface area (Å²) in [5, 5.41) is 0. The molecule has 2 saturated carbocycles. The van der Waals surface area contributed by atoms with Gasteiger partial charge in [-0.2, -0.15) is 0 Å². The Hall–Kier alpha value is -8.98. The largest absolute Gasteiger partial charge is 0.310 e. The van der Waals surface area contributed by atoms with E-state index < -0.39 is 5.41 Å². The van der Waals surface area contributed by atoms with E-state index in [1.807, 2.05) is 0 Å². The van der Waals surface area contributed by atoms with Gasteiger partial charge in [-0.1, -0.05) is 208 Å². The van der Waals surface area contributed by atoms with Gasteiger partial charge in [0.2, 0.25) is 0 Å². The van der Waals surface area contributed by atoms with E-state index in [-0.39, 0.29) is 5.41 Å². The Balaban J connectivity index is 0.976. The molecular weight excluding hydrogens is 953 g/mol. The Labute approximate surface area is 465 Å². The van der Waals surface area contributed by atoms with Crippen molar-refractivity contribution in [2.45, 2.75) is 56.3 Å². The van der Waals surface area contributed by atoms with E-state index in [1.54, 1.807) is 0 Å². The first kappa shape index (κ1) is 46.1. The fraction of sp³-hybridized carbons (Fsp3) is 0.143. The topological polar surface area (TPSA) is 6.48 Å². The van der Waals surface area contributed by atoms with Crippen LogP contribution < -0.4 is 9.80 Å². The van der Waals surface area contributed by atoms with Crippen LogP contribution in [0.5, 0.6) is 0 Å². The van der Waals surface area contributed by atoms with Crippen LogP contribution in [-0.4, -0.2) is 0 Å². The maximum atomic E-state index is 2.60. The van der Waals surface area contributed by atoms with Crippen molar-refractivity contribution in [2.24, 2.45) is 11.8 Å². The molecule has 2 fully saturated rings.